The molecule has 0 radical (unpaired) electrons. The second kappa shape index (κ2) is 5.98. The van der Waals surface area contributed by atoms with Crippen LogP contribution >= 0.6 is 15.9 Å². The first-order chi connectivity index (χ1) is 8.47. The zero-order valence-corrected chi connectivity index (χ0v) is 11.4. The highest BCUT2D eigenvalue weighted by molar-refractivity contribution is 9.10. The number of aliphatic hydroxyl groups excluding tert-OH is 1. The first-order valence-electron chi connectivity index (χ1n) is 4.93. The Morgan fingerprint density at radius 2 is 2.17 bits per heavy atom. The van der Waals surface area contributed by atoms with Crippen molar-refractivity contribution in [3.63, 3.8) is 0 Å². The van der Waals surface area contributed by atoms with Crippen LogP contribution in [0.3, 0.4) is 0 Å². The largest absolute Gasteiger partial charge is 0.493 e. The smallest absolute Gasteiger partial charge is 0.292 e. The van der Waals surface area contributed by atoms with Crippen LogP contribution in [0.2, 0.25) is 0 Å². The molecule has 3 N–H and O–H groups in total. The van der Waals surface area contributed by atoms with E-state index < -0.39 is 17.6 Å². The number of benzene rings is 1. The Bertz CT molecular complexity index is 466. The van der Waals surface area contributed by atoms with Gasteiger partial charge < -0.3 is 20.3 Å². The van der Waals surface area contributed by atoms with Gasteiger partial charge in [-0.3, -0.25) is 10.1 Å². The van der Waals surface area contributed by atoms with Crippen LogP contribution in [0.25, 0.3) is 0 Å². The summed E-state index contributed by atoms with van der Waals surface area (Å²) >= 11 is 3.10. The van der Waals surface area contributed by atoms with E-state index in [1.165, 1.54) is 20.3 Å². The fourth-order valence-electron chi connectivity index (χ4n) is 1.53. The summed E-state index contributed by atoms with van der Waals surface area (Å²) in [7, 11) is 2.78. The standard InChI is InChI=1S/C10H13BrN2O5/c1-17-7-3-5(6(12)4-14)9(13(15)16)8(11)10(7)18-2/h3,6,14H,4,12H2,1-2H3/t6-/m1/s1. The molecule has 0 unspecified atom stereocenters. The summed E-state index contributed by atoms with van der Waals surface area (Å²) < 4.78 is 10.3. The minimum Gasteiger partial charge on any atom is -0.493 e. The molecule has 1 aromatic rings. The molecule has 1 atom stereocenters. The Morgan fingerprint density at radius 3 is 2.56 bits per heavy atom. The van der Waals surface area contributed by atoms with Crippen LogP contribution in [0.1, 0.15) is 11.6 Å². The van der Waals surface area contributed by atoms with Crippen LogP contribution in [0, 0.1) is 10.1 Å². The maximum absolute atomic E-state index is 11.1. The van der Waals surface area contributed by atoms with E-state index in [-0.39, 0.29) is 21.5 Å². The Balaban J connectivity index is 3.59. The van der Waals surface area contributed by atoms with Crippen molar-refractivity contribution < 1.29 is 19.5 Å². The Kier molecular flexibility index (Phi) is 4.88. The van der Waals surface area contributed by atoms with E-state index in [0.717, 1.165) is 0 Å². The third-order valence-corrected chi connectivity index (χ3v) is 3.13. The number of nitro benzene ring substituents is 1. The van der Waals surface area contributed by atoms with E-state index in [2.05, 4.69) is 15.9 Å². The Labute approximate surface area is 112 Å². The topological polar surface area (TPSA) is 108 Å². The molecule has 0 spiro atoms. The van der Waals surface area contributed by atoms with Gasteiger partial charge in [-0.25, -0.2) is 0 Å². The number of ether oxygens (including phenoxy) is 2. The molecule has 8 heteroatoms. The van der Waals surface area contributed by atoms with Gasteiger partial charge in [0.1, 0.15) is 4.47 Å². The quantitative estimate of drug-likeness (QED) is 0.626. The number of hydrogen-bond donors (Lipinski definition) is 2. The van der Waals surface area contributed by atoms with Crippen molar-refractivity contribution in [3.8, 4) is 11.5 Å². The van der Waals surface area contributed by atoms with Crippen molar-refractivity contribution in [3.05, 3.63) is 26.2 Å². The highest BCUT2D eigenvalue weighted by Crippen LogP contribution is 2.45. The number of rotatable bonds is 5. The van der Waals surface area contributed by atoms with Crippen LogP contribution in [0.5, 0.6) is 11.5 Å². The molecule has 0 saturated heterocycles. The molecule has 0 aliphatic heterocycles. The number of aliphatic hydroxyl groups is 1. The molecule has 0 fully saturated rings. The lowest BCUT2D eigenvalue weighted by molar-refractivity contribution is -0.386. The fourth-order valence-corrected chi connectivity index (χ4v) is 2.26. The molecule has 0 bridgehead atoms. The van der Waals surface area contributed by atoms with Gasteiger partial charge in [0.2, 0.25) is 0 Å². The molecule has 0 amide bonds. The number of nitrogens with zero attached hydrogens (tertiary/aromatic N) is 1. The highest BCUT2D eigenvalue weighted by atomic mass is 79.9. The molecular weight excluding hydrogens is 308 g/mol. The average Bonchev–Trinajstić information content (AvgIpc) is 2.35. The van der Waals surface area contributed by atoms with Crippen LogP contribution in [0.15, 0.2) is 10.5 Å². The first-order valence-corrected chi connectivity index (χ1v) is 5.72. The number of halogens is 1. The molecular formula is C10H13BrN2O5. The fraction of sp³-hybridized carbons (Fsp3) is 0.400. The molecule has 0 aliphatic carbocycles. The van der Waals surface area contributed by atoms with Gasteiger partial charge in [0.25, 0.3) is 5.69 Å². The third-order valence-electron chi connectivity index (χ3n) is 2.39. The van der Waals surface area contributed by atoms with Crippen LogP contribution in [-0.2, 0) is 0 Å². The lowest BCUT2D eigenvalue weighted by Gasteiger charge is -2.15. The summed E-state index contributed by atoms with van der Waals surface area (Å²) in [4.78, 5) is 10.5. The lowest BCUT2D eigenvalue weighted by Crippen LogP contribution is -2.17. The van der Waals surface area contributed by atoms with Crippen molar-refractivity contribution >= 4 is 21.6 Å². The summed E-state index contributed by atoms with van der Waals surface area (Å²) in [6.45, 7) is -0.414. The Hall–Kier alpha value is -1.38. The summed E-state index contributed by atoms with van der Waals surface area (Å²) in [5.74, 6) is 0.506. The van der Waals surface area contributed by atoms with Gasteiger partial charge in [0.15, 0.2) is 11.5 Å². The molecule has 0 aliphatic rings. The second-order valence-corrected chi connectivity index (χ2v) is 4.20. The predicted octanol–water partition coefficient (Wildman–Crippen LogP) is 1.37. The molecule has 18 heavy (non-hydrogen) atoms. The maximum atomic E-state index is 11.1. The number of methoxy groups -OCH3 is 2. The zero-order chi connectivity index (χ0) is 13.9. The van der Waals surface area contributed by atoms with Crippen molar-refractivity contribution in [1.82, 2.24) is 0 Å². The lowest BCUT2D eigenvalue weighted by atomic mass is 10.1. The van der Waals surface area contributed by atoms with Crippen molar-refractivity contribution in [2.75, 3.05) is 20.8 Å². The van der Waals surface area contributed by atoms with Gasteiger partial charge in [-0.15, -0.1) is 0 Å². The normalized spacial score (nSPS) is 12.1. The summed E-state index contributed by atoms with van der Waals surface area (Å²) in [6.07, 6.45) is 0. The predicted molar refractivity (Wildman–Crippen MR) is 67.9 cm³/mol. The van der Waals surface area contributed by atoms with Crippen molar-refractivity contribution in [2.45, 2.75) is 6.04 Å². The van der Waals surface area contributed by atoms with E-state index in [0.29, 0.717) is 5.75 Å². The molecule has 0 heterocycles. The third kappa shape index (κ3) is 2.55. The van der Waals surface area contributed by atoms with Crippen LogP contribution in [0.4, 0.5) is 5.69 Å². The summed E-state index contributed by atoms with van der Waals surface area (Å²) in [6, 6.07) is 0.518. The van der Waals surface area contributed by atoms with E-state index in [9.17, 15) is 10.1 Å². The number of hydrogen-bond acceptors (Lipinski definition) is 6. The molecule has 1 aromatic carbocycles. The first kappa shape index (κ1) is 14.7. The molecule has 0 saturated carbocycles. The summed E-state index contributed by atoms with van der Waals surface area (Å²) in [5.41, 5.74) is 5.58. The van der Waals surface area contributed by atoms with Gasteiger partial charge in [-0.2, -0.15) is 0 Å². The van der Waals surface area contributed by atoms with Gasteiger partial charge in [-0.05, 0) is 22.0 Å². The monoisotopic (exact) mass is 320 g/mol. The molecule has 100 valence electrons. The van der Waals surface area contributed by atoms with Gasteiger partial charge in [0, 0.05) is 0 Å². The average molecular weight is 321 g/mol. The van der Waals surface area contributed by atoms with E-state index in [1.54, 1.807) is 0 Å². The minimum atomic E-state index is -0.874. The van der Waals surface area contributed by atoms with Crippen LogP contribution < -0.4 is 15.2 Å². The minimum absolute atomic E-state index is 0.133. The van der Waals surface area contributed by atoms with Gasteiger partial charge >= 0.3 is 0 Å². The summed E-state index contributed by atoms with van der Waals surface area (Å²) in [5, 5.41) is 20.1. The van der Waals surface area contributed by atoms with E-state index >= 15 is 0 Å². The Morgan fingerprint density at radius 1 is 1.56 bits per heavy atom. The number of nitrogens with two attached hydrogens (primary N) is 1. The molecule has 7 nitrogen and oxygen atoms in total. The van der Waals surface area contributed by atoms with Crippen molar-refractivity contribution in [2.24, 2.45) is 5.73 Å². The van der Waals surface area contributed by atoms with Gasteiger partial charge in [-0.1, -0.05) is 0 Å². The maximum Gasteiger partial charge on any atom is 0.292 e. The second-order valence-electron chi connectivity index (χ2n) is 3.41. The molecule has 1 rings (SSSR count). The van der Waals surface area contributed by atoms with Crippen LogP contribution in [-0.4, -0.2) is 30.9 Å². The van der Waals surface area contributed by atoms with Gasteiger partial charge in [0.05, 0.1) is 37.4 Å². The zero-order valence-electron chi connectivity index (χ0n) is 9.84. The van der Waals surface area contributed by atoms with E-state index in [4.69, 9.17) is 20.3 Å². The van der Waals surface area contributed by atoms with Crippen molar-refractivity contribution in [1.29, 1.82) is 0 Å². The number of nitro groups is 1. The van der Waals surface area contributed by atoms with E-state index in [1.807, 2.05) is 0 Å². The SMILES string of the molecule is COc1cc([C@H](N)CO)c([N+](=O)[O-])c(Br)c1OC. The highest BCUT2D eigenvalue weighted by Gasteiger charge is 2.28. The molecule has 0 aromatic heterocycles.